The van der Waals surface area contributed by atoms with Gasteiger partial charge in [0.15, 0.2) is 0 Å². The van der Waals surface area contributed by atoms with Crippen LogP contribution in [0.3, 0.4) is 0 Å². The smallest absolute Gasteiger partial charge is 0.350 e. The molecule has 6 heterocycles. The third-order valence-corrected chi connectivity index (χ3v) is 9.41. The highest BCUT2D eigenvalue weighted by Gasteiger charge is 2.39. The van der Waals surface area contributed by atoms with Crippen LogP contribution in [0.1, 0.15) is 132 Å². The number of nitrogens with zero attached hydrogens (tertiary/aromatic N) is 2. The Morgan fingerprint density at radius 1 is 0.878 bits per heavy atom. The van der Waals surface area contributed by atoms with E-state index in [0.717, 1.165) is 45.1 Å². The van der Waals surface area contributed by atoms with Crippen molar-refractivity contribution in [3.8, 4) is 0 Å². The summed E-state index contributed by atoms with van der Waals surface area (Å²) < 4.78 is 10.2. The van der Waals surface area contributed by atoms with Crippen molar-refractivity contribution in [2.75, 3.05) is 7.11 Å². The number of hydrogen-bond donors (Lipinski definition) is 2. The van der Waals surface area contributed by atoms with Crippen LogP contribution in [0.15, 0.2) is 18.2 Å². The molecule has 9 heteroatoms. The number of esters is 3. The SMILES string of the molecule is COC(=O)CCC1c2nc(cc3nc(cc4[nH]c(cc5[nH]c6c2C(=O)OC(=O)c6c5C)C(C)C4C)C(C)=C3C)C1C. The second-order valence-electron chi connectivity index (χ2n) is 11.6. The number of cyclic esters (lactones) is 2. The molecule has 4 aliphatic rings. The normalized spacial score (nSPS) is 22.5. The Kier molecular flexibility index (Phi) is 6.36. The number of H-pyrrole nitrogens is 2. The number of allylic oxidation sites excluding steroid dienone is 2. The predicted molar refractivity (Wildman–Crippen MR) is 154 cm³/mol. The number of aromatic amines is 2. The summed E-state index contributed by atoms with van der Waals surface area (Å²) in [6.45, 7) is 12.4. The van der Waals surface area contributed by atoms with Gasteiger partial charge in [-0.2, -0.15) is 0 Å². The largest absolute Gasteiger partial charge is 0.469 e. The van der Waals surface area contributed by atoms with Gasteiger partial charge in [-0.25, -0.2) is 14.6 Å². The van der Waals surface area contributed by atoms with Crippen molar-refractivity contribution in [1.82, 2.24) is 19.9 Å². The van der Waals surface area contributed by atoms with Crippen LogP contribution in [-0.2, 0) is 14.3 Å². The van der Waals surface area contributed by atoms with Gasteiger partial charge in [-0.15, -0.1) is 0 Å². The van der Waals surface area contributed by atoms with Crippen LogP contribution in [0.25, 0.3) is 22.2 Å². The number of hydrogen-bond acceptors (Lipinski definition) is 7. The number of aryl methyl sites for hydroxylation is 1. The first-order valence-corrected chi connectivity index (χ1v) is 14.1. The number of methoxy groups -OCH3 is 1. The summed E-state index contributed by atoms with van der Waals surface area (Å²) in [6, 6.07) is 6.11. The summed E-state index contributed by atoms with van der Waals surface area (Å²) in [6.07, 6.45) is 0.586. The van der Waals surface area contributed by atoms with Gasteiger partial charge in [0.05, 0.1) is 35.3 Å². The molecule has 9 nitrogen and oxygen atoms in total. The van der Waals surface area contributed by atoms with Crippen LogP contribution in [0, 0.1) is 6.92 Å². The molecule has 0 saturated carbocycles. The molecule has 4 atom stereocenters. The lowest BCUT2D eigenvalue weighted by molar-refractivity contribution is -0.140. The van der Waals surface area contributed by atoms with Crippen LogP contribution in [-0.4, -0.2) is 45.0 Å². The summed E-state index contributed by atoms with van der Waals surface area (Å²) >= 11 is 0. The first-order valence-electron chi connectivity index (χ1n) is 14.1. The molecule has 212 valence electrons. The Hall–Kier alpha value is -4.27. The van der Waals surface area contributed by atoms with Crippen molar-refractivity contribution in [3.05, 3.63) is 69.1 Å². The number of aromatic nitrogens is 4. The number of carbonyl (C=O) groups excluding carboxylic acids is 3. The molecule has 8 bridgehead atoms. The second-order valence-corrected chi connectivity index (χ2v) is 11.6. The monoisotopic (exact) mass is 554 g/mol. The molecule has 4 unspecified atom stereocenters. The minimum absolute atomic E-state index is 0.124. The van der Waals surface area contributed by atoms with Crippen LogP contribution in [0.5, 0.6) is 0 Å². The molecule has 41 heavy (non-hydrogen) atoms. The van der Waals surface area contributed by atoms with Gasteiger partial charge in [0.2, 0.25) is 0 Å². The van der Waals surface area contributed by atoms with Gasteiger partial charge in [-0.1, -0.05) is 20.8 Å². The van der Waals surface area contributed by atoms with E-state index in [-0.39, 0.29) is 41.6 Å². The van der Waals surface area contributed by atoms with E-state index in [2.05, 4.69) is 43.7 Å². The molecule has 0 spiro atoms. The number of fused-ring (bicyclic) bond motifs is 8. The number of carbonyl (C=O) groups is 3. The number of ether oxygens (including phenoxy) is 2. The molecule has 2 aromatic rings. The summed E-state index contributed by atoms with van der Waals surface area (Å²) in [5.41, 5.74) is 9.62. The summed E-state index contributed by atoms with van der Waals surface area (Å²) in [5, 5.41) is 0. The lowest BCUT2D eigenvalue weighted by atomic mass is 9.85. The van der Waals surface area contributed by atoms with E-state index in [1.54, 1.807) is 0 Å². The van der Waals surface area contributed by atoms with E-state index in [1.807, 2.05) is 26.0 Å². The zero-order valence-electron chi connectivity index (χ0n) is 24.4. The van der Waals surface area contributed by atoms with E-state index in [1.165, 1.54) is 7.11 Å². The fourth-order valence-corrected chi connectivity index (χ4v) is 6.33. The maximum Gasteiger partial charge on any atom is 0.350 e. The minimum Gasteiger partial charge on any atom is -0.469 e. The highest BCUT2D eigenvalue weighted by Crippen LogP contribution is 2.44. The van der Waals surface area contributed by atoms with E-state index in [4.69, 9.17) is 19.4 Å². The fourth-order valence-electron chi connectivity index (χ4n) is 6.33. The predicted octanol–water partition coefficient (Wildman–Crippen LogP) is 6.35. The van der Waals surface area contributed by atoms with Crippen molar-refractivity contribution in [3.63, 3.8) is 0 Å². The molecule has 2 aromatic heterocycles. The quantitative estimate of drug-likeness (QED) is 0.334. The maximum atomic E-state index is 13.4. The molecule has 0 aromatic carbocycles. The van der Waals surface area contributed by atoms with Gasteiger partial charge in [0, 0.05) is 52.7 Å². The summed E-state index contributed by atoms with van der Waals surface area (Å²) in [4.78, 5) is 55.5. The summed E-state index contributed by atoms with van der Waals surface area (Å²) in [7, 11) is 1.36. The molecule has 0 radical (unpaired) electrons. The average molecular weight is 555 g/mol. The van der Waals surface area contributed by atoms with Crippen molar-refractivity contribution >= 4 is 40.1 Å². The third-order valence-electron chi connectivity index (χ3n) is 9.41. The molecule has 6 rings (SSSR count). The fraction of sp³-hybridized carbons (Fsp3) is 0.406. The average Bonchev–Trinajstić information content (AvgIpc) is 3.59. The Labute approximate surface area is 238 Å². The van der Waals surface area contributed by atoms with E-state index in [9.17, 15) is 14.4 Å². The standard InChI is InChI=1S/C32H34N4O5/c1-13-15(3)22-11-24-17(5)19(8-9-26(37)40-7)29(35-24)28-30-27(31(38)41-32(28)39)18(6)25(36-30)12-23-16(4)14(2)21(34-23)10-20(13)33-22/h10-12,14,16-17,19,34,36H,8-9H2,1-7H3. The maximum absolute atomic E-state index is 13.4. The zero-order valence-corrected chi connectivity index (χ0v) is 24.4. The Morgan fingerprint density at radius 3 is 2.20 bits per heavy atom. The number of nitrogens with one attached hydrogen (secondary N) is 2. The molecule has 4 aliphatic heterocycles. The first-order chi connectivity index (χ1) is 19.5. The van der Waals surface area contributed by atoms with Crippen LogP contribution in [0.4, 0.5) is 0 Å². The lowest BCUT2D eigenvalue weighted by Gasteiger charge is -2.18. The molecule has 0 fully saturated rings. The molecule has 0 amide bonds. The van der Waals surface area contributed by atoms with E-state index in [0.29, 0.717) is 28.8 Å². The molecular formula is C32H34N4O5. The Bertz CT molecular complexity index is 1760. The van der Waals surface area contributed by atoms with Crippen LogP contribution < -0.4 is 0 Å². The second kappa shape index (κ2) is 9.68. The lowest BCUT2D eigenvalue weighted by Crippen LogP contribution is -2.21. The highest BCUT2D eigenvalue weighted by atomic mass is 16.6. The van der Waals surface area contributed by atoms with Gasteiger partial charge < -0.3 is 19.4 Å². The summed E-state index contributed by atoms with van der Waals surface area (Å²) in [5.74, 6) is -1.74. The van der Waals surface area contributed by atoms with Gasteiger partial charge in [0.25, 0.3) is 0 Å². The van der Waals surface area contributed by atoms with Gasteiger partial charge in [-0.3, -0.25) is 9.78 Å². The Morgan fingerprint density at radius 2 is 1.51 bits per heavy atom. The molecular weight excluding hydrogens is 520 g/mol. The topological polar surface area (TPSA) is 127 Å². The zero-order chi connectivity index (χ0) is 29.3. The van der Waals surface area contributed by atoms with E-state index >= 15 is 0 Å². The molecule has 2 N–H and O–H groups in total. The van der Waals surface area contributed by atoms with Crippen molar-refractivity contribution < 1.29 is 23.9 Å². The minimum atomic E-state index is -0.744. The van der Waals surface area contributed by atoms with Crippen LogP contribution >= 0.6 is 0 Å². The van der Waals surface area contributed by atoms with Crippen molar-refractivity contribution in [1.29, 1.82) is 0 Å². The molecule has 0 saturated heterocycles. The van der Waals surface area contributed by atoms with Crippen molar-refractivity contribution in [2.24, 2.45) is 0 Å². The van der Waals surface area contributed by atoms with Crippen LogP contribution in [0.2, 0.25) is 0 Å². The number of rotatable bonds is 3. The van der Waals surface area contributed by atoms with Crippen molar-refractivity contribution in [2.45, 2.75) is 78.1 Å². The third kappa shape index (κ3) is 4.17. The van der Waals surface area contributed by atoms with Gasteiger partial charge >= 0.3 is 17.9 Å². The highest BCUT2D eigenvalue weighted by molar-refractivity contribution is 6.18. The first kappa shape index (κ1) is 26.9. The molecule has 0 aliphatic carbocycles. The van der Waals surface area contributed by atoms with Gasteiger partial charge in [-0.05, 0) is 62.1 Å². The Balaban J connectivity index is 1.75. The van der Waals surface area contributed by atoms with Gasteiger partial charge in [0.1, 0.15) is 5.56 Å². The van der Waals surface area contributed by atoms with E-state index < -0.39 is 11.9 Å².